The first-order valence-corrected chi connectivity index (χ1v) is 9.35. The first-order chi connectivity index (χ1) is 13.5. The molecule has 1 saturated heterocycles. The second-order valence-electron chi connectivity index (χ2n) is 6.90. The Labute approximate surface area is 163 Å². The number of hydrogen-bond donors (Lipinski definition) is 2. The van der Waals surface area contributed by atoms with Gasteiger partial charge in [0.1, 0.15) is 5.70 Å². The van der Waals surface area contributed by atoms with E-state index in [0.29, 0.717) is 16.8 Å². The Bertz CT molecular complexity index is 827. The number of hydrogen-bond acceptors (Lipinski definition) is 6. The summed E-state index contributed by atoms with van der Waals surface area (Å²) >= 11 is 0. The van der Waals surface area contributed by atoms with Gasteiger partial charge in [-0.2, -0.15) is 0 Å². The van der Waals surface area contributed by atoms with Crippen LogP contribution in [0.4, 0.5) is 5.69 Å². The van der Waals surface area contributed by atoms with Crippen molar-refractivity contribution in [2.45, 2.75) is 19.8 Å². The molecule has 28 heavy (non-hydrogen) atoms. The number of carbonyl (C=O) groups is 3. The number of aliphatic hydroxyl groups is 1. The van der Waals surface area contributed by atoms with E-state index in [4.69, 9.17) is 9.84 Å². The molecule has 0 atom stereocenters. The molecule has 0 radical (unpaired) electrons. The fourth-order valence-corrected chi connectivity index (χ4v) is 3.58. The molecule has 0 unspecified atom stereocenters. The number of likely N-dealkylation sites (tertiary alicyclic amines) is 1. The van der Waals surface area contributed by atoms with E-state index in [9.17, 15) is 14.4 Å². The molecule has 0 aliphatic carbocycles. The summed E-state index contributed by atoms with van der Waals surface area (Å²) in [6.45, 7) is 3.31. The number of esters is 1. The predicted octanol–water partition coefficient (Wildman–Crippen LogP) is 0.905. The number of methoxy groups -OCH3 is 1. The summed E-state index contributed by atoms with van der Waals surface area (Å²) in [6.07, 6.45) is 2.01. The third kappa shape index (κ3) is 3.73. The molecular formula is C20H25N3O5. The maximum absolute atomic E-state index is 12.8. The van der Waals surface area contributed by atoms with Crippen molar-refractivity contribution in [1.82, 2.24) is 9.80 Å². The SMILES string of the molecule is COC(=O)C1=C(Nc2cccc(C(=O)N3CCCC3)c2C)C(=O)N(CCO)C1. The number of aliphatic hydroxyl groups excluding tert-OH is 1. The quantitative estimate of drug-likeness (QED) is 0.704. The van der Waals surface area contributed by atoms with Crippen LogP contribution >= 0.6 is 0 Å². The van der Waals surface area contributed by atoms with Gasteiger partial charge in [-0.1, -0.05) is 6.07 Å². The summed E-state index contributed by atoms with van der Waals surface area (Å²) in [5.74, 6) is -1.01. The molecule has 3 rings (SSSR count). The lowest BCUT2D eigenvalue weighted by molar-refractivity contribution is -0.136. The van der Waals surface area contributed by atoms with Crippen LogP contribution in [0.5, 0.6) is 0 Å². The fourth-order valence-electron chi connectivity index (χ4n) is 3.58. The first-order valence-electron chi connectivity index (χ1n) is 9.35. The van der Waals surface area contributed by atoms with Gasteiger partial charge in [0.15, 0.2) is 0 Å². The van der Waals surface area contributed by atoms with Gasteiger partial charge in [-0.25, -0.2) is 4.79 Å². The third-order valence-electron chi connectivity index (χ3n) is 5.17. The average Bonchev–Trinajstić information content (AvgIpc) is 3.33. The summed E-state index contributed by atoms with van der Waals surface area (Å²) in [6, 6.07) is 5.28. The highest BCUT2D eigenvalue weighted by molar-refractivity contribution is 6.09. The molecular weight excluding hydrogens is 362 g/mol. The van der Waals surface area contributed by atoms with Gasteiger partial charge in [-0.15, -0.1) is 0 Å². The predicted molar refractivity (Wildman–Crippen MR) is 103 cm³/mol. The second kappa shape index (κ2) is 8.43. The Morgan fingerprint density at radius 1 is 1.25 bits per heavy atom. The van der Waals surface area contributed by atoms with Gasteiger partial charge >= 0.3 is 5.97 Å². The van der Waals surface area contributed by atoms with Crippen LogP contribution in [-0.4, -0.2) is 72.6 Å². The number of rotatable bonds is 6. The van der Waals surface area contributed by atoms with Crippen molar-refractivity contribution >= 4 is 23.5 Å². The molecule has 1 aromatic rings. The smallest absolute Gasteiger partial charge is 0.337 e. The van der Waals surface area contributed by atoms with E-state index in [1.54, 1.807) is 18.2 Å². The van der Waals surface area contributed by atoms with E-state index in [2.05, 4.69) is 5.32 Å². The normalized spacial score (nSPS) is 16.8. The largest absolute Gasteiger partial charge is 0.466 e. The van der Waals surface area contributed by atoms with Gasteiger partial charge in [0, 0.05) is 30.9 Å². The van der Waals surface area contributed by atoms with Crippen LogP contribution in [0.25, 0.3) is 0 Å². The molecule has 8 nitrogen and oxygen atoms in total. The zero-order valence-corrected chi connectivity index (χ0v) is 16.2. The van der Waals surface area contributed by atoms with Gasteiger partial charge in [-0.3, -0.25) is 9.59 Å². The number of nitrogens with zero attached hydrogens (tertiary/aromatic N) is 2. The number of ether oxygens (including phenoxy) is 1. The third-order valence-corrected chi connectivity index (χ3v) is 5.17. The number of β-amino-alcohol motifs (C(OH)–C–C–N with tert-alkyl or cyclic N) is 1. The van der Waals surface area contributed by atoms with Crippen molar-refractivity contribution in [2.75, 3.05) is 45.2 Å². The highest BCUT2D eigenvalue weighted by Gasteiger charge is 2.35. The van der Waals surface area contributed by atoms with Gasteiger partial charge in [0.05, 0.1) is 25.8 Å². The van der Waals surface area contributed by atoms with E-state index in [1.807, 2.05) is 11.8 Å². The van der Waals surface area contributed by atoms with Crippen LogP contribution in [0.2, 0.25) is 0 Å². The summed E-state index contributed by atoms with van der Waals surface area (Å²) in [5.41, 5.74) is 2.20. The van der Waals surface area contributed by atoms with Crippen LogP contribution in [0, 0.1) is 6.92 Å². The topological polar surface area (TPSA) is 99.2 Å². The van der Waals surface area contributed by atoms with Crippen molar-refractivity contribution in [3.8, 4) is 0 Å². The second-order valence-corrected chi connectivity index (χ2v) is 6.90. The summed E-state index contributed by atoms with van der Waals surface area (Å²) in [4.78, 5) is 40.8. The van der Waals surface area contributed by atoms with Crippen LogP contribution in [0.3, 0.4) is 0 Å². The zero-order valence-electron chi connectivity index (χ0n) is 16.2. The lowest BCUT2D eigenvalue weighted by Gasteiger charge is -2.19. The Morgan fingerprint density at radius 2 is 1.96 bits per heavy atom. The molecule has 150 valence electrons. The van der Waals surface area contributed by atoms with Gasteiger partial charge < -0.3 is 25.0 Å². The molecule has 0 aromatic heterocycles. The van der Waals surface area contributed by atoms with Gasteiger partial charge in [0.25, 0.3) is 11.8 Å². The Hall–Kier alpha value is -2.87. The maximum atomic E-state index is 12.8. The fraction of sp³-hybridized carbons (Fsp3) is 0.450. The number of nitrogens with one attached hydrogen (secondary N) is 1. The maximum Gasteiger partial charge on any atom is 0.337 e. The summed E-state index contributed by atoms with van der Waals surface area (Å²) < 4.78 is 4.80. The number of anilines is 1. The van der Waals surface area contributed by atoms with E-state index in [-0.39, 0.29) is 42.8 Å². The van der Waals surface area contributed by atoms with Crippen LogP contribution in [0.1, 0.15) is 28.8 Å². The minimum atomic E-state index is -0.599. The molecule has 2 heterocycles. The highest BCUT2D eigenvalue weighted by atomic mass is 16.5. The first kappa shape index (κ1) is 19.9. The molecule has 0 saturated carbocycles. The van der Waals surface area contributed by atoms with Crippen molar-refractivity contribution in [2.24, 2.45) is 0 Å². The Balaban J connectivity index is 1.91. The summed E-state index contributed by atoms with van der Waals surface area (Å²) in [7, 11) is 1.26. The molecule has 0 bridgehead atoms. The molecule has 2 amide bonds. The van der Waals surface area contributed by atoms with Crippen LogP contribution in [0.15, 0.2) is 29.5 Å². The van der Waals surface area contributed by atoms with Gasteiger partial charge in [-0.05, 0) is 37.5 Å². The van der Waals surface area contributed by atoms with E-state index in [0.717, 1.165) is 25.9 Å². The van der Waals surface area contributed by atoms with Crippen molar-refractivity contribution in [3.05, 3.63) is 40.6 Å². The van der Waals surface area contributed by atoms with E-state index in [1.165, 1.54) is 12.0 Å². The zero-order chi connectivity index (χ0) is 20.3. The standard InChI is InChI=1S/C20H25N3O5/c1-13-14(18(25)22-8-3-4-9-22)6-5-7-16(13)21-17-15(20(27)28-2)12-23(10-11-24)19(17)26/h5-7,21,24H,3-4,8-12H2,1-2H3. The minimum Gasteiger partial charge on any atom is -0.466 e. The van der Waals surface area contributed by atoms with Crippen LogP contribution in [-0.2, 0) is 14.3 Å². The minimum absolute atomic E-state index is 0.0273. The van der Waals surface area contributed by atoms with Crippen molar-refractivity contribution < 1.29 is 24.2 Å². The molecule has 2 aliphatic heterocycles. The number of benzene rings is 1. The van der Waals surface area contributed by atoms with Gasteiger partial charge in [0.2, 0.25) is 0 Å². The molecule has 2 aliphatic rings. The molecule has 1 fully saturated rings. The number of carbonyl (C=O) groups excluding carboxylic acids is 3. The number of amides is 2. The van der Waals surface area contributed by atoms with Crippen molar-refractivity contribution in [3.63, 3.8) is 0 Å². The van der Waals surface area contributed by atoms with E-state index < -0.39 is 5.97 Å². The monoisotopic (exact) mass is 387 g/mol. The highest BCUT2D eigenvalue weighted by Crippen LogP contribution is 2.27. The van der Waals surface area contributed by atoms with E-state index >= 15 is 0 Å². The Kier molecular flexibility index (Phi) is 5.99. The molecule has 8 heteroatoms. The molecule has 2 N–H and O–H groups in total. The van der Waals surface area contributed by atoms with Crippen LogP contribution < -0.4 is 5.32 Å². The van der Waals surface area contributed by atoms with Crippen molar-refractivity contribution in [1.29, 1.82) is 0 Å². The Morgan fingerprint density at radius 3 is 2.61 bits per heavy atom. The lowest BCUT2D eigenvalue weighted by atomic mass is 10.0. The summed E-state index contributed by atoms with van der Waals surface area (Å²) in [5, 5.41) is 12.2. The average molecular weight is 387 g/mol. The lowest BCUT2D eigenvalue weighted by Crippen LogP contribution is -2.31. The molecule has 0 spiro atoms. The molecule has 1 aromatic carbocycles.